The molecule has 0 aliphatic heterocycles. The summed E-state index contributed by atoms with van der Waals surface area (Å²) >= 11 is 3.33. The average Bonchev–Trinajstić information content (AvgIpc) is 2.03. The van der Waals surface area contributed by atoms with E-state index in [0.29, 0.717) is 5.65 Å². The maximum absolute atomic E-state index is 4.28. The van der Waals surface area contributed by atoms with E-state index in [9.17, 15) is 0 Å². The highest BCUT2D eigenvalue weighted by Crippen LogP contribution is 2.13. The largest absolute Gasteiger partial charge is 0.248 e. The lowest BCUT2D eigenvalue weighted by atomic mass is 10.4. The first-order valence-corrected chi connectivity index (χ1v) is 4.30. The molecule has 60 valence electrons. The Morgan fingerprint density at radius 1 is 1.25 bits per heavy atom. The second-order valence-electron chi connectivity index (χ2n) is 2.51. The van der Waals surface area contributed by atoms with Gasteiger partial charge in [-0.25, -0.2) is 15.0 Å². The Morgan fingerprint density at radius 2 is 2.00 bits per heavy atom. The Balaban J connectivity index is 2.80. The number of hydrogen-bond donors (Lipinski definition) is 0. The zero-order valence-corrected chi connectivity index (χ0v) is 8.04. The summed E-state index contributed by atoms with van der Waals surface area (Å²) in [6.45, 7) is 1.91. The van der Waals surface area contributed by atoms with Crippen LogP contribution in [0.1, 0.15) is 5.69 Å². The lowest BCUT2D eigenvalue weighted by molar-refractivity contribution is 1.15. The number of nitrogens with zero attached hydrogens (tertiary/aromatic N) is 3. The summed E-state index contributed by atoms with van der Waals surface area (Å²) in [5.41, 5.74) is 2.41. The molecule has 2 aromatic heterocycles. The molecule has 4 heteroatoms. The van der Waals surface area contributed by atoms with Crippen molar-refractivity contribution in [3.8, 4) is 0 Å². The molecule has 3 nitrogen and oxygen atoms in total. The van der Waals surface area contributed by atoms with Gasteiger partial charge in [0.2, 0.25) is 0 Å². The molecule has 0 aliphatic carbocycles. The molecule has 0 aromatic carbocycles. The predicted octanol–water partition coefficient (Wildman–Crippen LogP) is 2.10. The molecule has 2 aromatic rings. The van der Waals surface area contributed by atoms with Crippen LogP contribution in [0.15, 0.2) is 22.9 Å². The molecule has 0 fully saturated rings. The minimum Gasteiger partial charge on any atom is -0.248 e. The van der Waals surface area contributed by atoms with Crippen LogP contribution in [0.25, 0.3) is 11.2 Å². The van der Waals surface area contributed by atoms with Crippen LogP contribution in [-0.4, -0.2) is 15.0 Å². The number of aryl methyl sites for hydroxylation is 1. The highest BCUT2D eigenvalue weighted by atomic mass is 79.9. The van der Waals surface area contributed by atoms with E-state index in [1.807, 2.05) is 13.0 Å². The average molecular weight is 224 g/mol. The van der Waals surface area contributed by atoms with Crippen molar-refractivity contribution in [1.82, 2.24) is 15.0 Å². The Kier molecular flexibility index (Phi) is 1.77. The molecule has 12 heavy (non-hydrogen) atoms. The van der Waals surface area contributed by atoms with Gasteiger partial charge >= 0.3 is 0 Å². The summed E-state index contributed by atoms with van der Waals surface area (Å²) in [6.07, 6.45) is 3.43. The molecule has 0 saturated heterocycles. The standard InChI is InChI=1S/C8H6BrN3/c1-5-3-10-8-7(12-5)2-6(9)4-11-8/h2-4H,1H3. The number of hydrogen-bond acceptors (Lipinski definition) is 3. The summed E-state index contributed by atoms with van der Waals surface area (Å²) in [7, 11) is 0. The highest BCUT2D eigenvalue weighted by Gasteiger charge is 1.97. The smallest absolute Gasteiger partial charge is 0.178 e. The van der Waals surface area contributed by atoms with Crippen LogP contribution in [0.5, 0.6) is 0 Å². The summed E-state index contributed by atoms with van der Waals surface area (Å²) in [5.74, 6) is 0. The van der Waals surface area contributed by atoms with Crippen LogP contribution in [0.4, 0.5) is 0 Å². The molecule has 0 atom stereocenters. The first-order valence-electron chi connectivity index (χ1n) is 3.50. The third-order valence-corrected chi connectivity index (χ3v) is 1.92. The summed E-state index contributed by atoms with van der Waals surface area (Å²) in [5, 5.41) is 0. The molecule has 2 rings (SSSR count). The van der Waals surface area contributed by atoms with Gasteiger partial charge in [0.1, 0.15) is 5.52 Å². The fraction of sp³-hybridized carbons (Fsp3) is 0.125. The highest BCUT2D eigenvalue weighted by molar-refractivity contribution is 9.10. The normalized spacial score (nSPS) is 10.5. The van der Waals surface area contributed by atoms with Crippen molar-refractivity contribution < 1.29 is 0 Å². The molecule has 0 aliphatic rings. The van der Waals surface area contributed by atoms with E-state index in [4.69, 9.17) is 0 Å². The van der Waals surface area contributed by atoms with Gasteiger partial charge < -0.3 is 0 Å². The molecular weight excluding hydrogens is 218 g/mol. The van der Waals surface area contributed by atoms with Crippen molar-refractivity contribution >= 4 is 27.1 Å². The molecule has 0 spiro atoms. The van der Waals surface area contributed by atoms with Crippen molar-refractivity contribution in [3.05, 3.63) is 28.6 Å². The van der Waals surface area contributed by atoms with Crippen molar-refractivity contribution in [2.45, 2.75) is 6.92 Å². The van der Waals surface area contributed by atoms with Crippen LogP contribution in [-0.2, 0) is 0 Å². The lowest BCUT2D eigenvalue weighted by Crippen LogP contribution is -1.89. The number of fused-ring (bicyclic) bond motifs is 1. The van der Waals surface area contributed by atoms with Gasteiger partial charge in [0.25, 0.3) is 0 Å². The van der Waals surface area contributed by atoms with Crippen LogP contribution in [0.3, 0.4) is 0 Å². The summed E-state index contributed by atoms with van der Waals surface area (Å²) in [4.78, 5) is 12.5. The van der Waals surface area contributed by atoms with Gasteiger partial charge in [-0.1, -0.05) is 0 Å². The van der Waals surface area contributed by atoms with Crippen molar-refractivity contribution in [2.24, 2.45) is 0 Å². The molecule has 2 heterocycles. The van der Waals surface area contributed by atoms with Crippen LogP contribution in [0.2, 0.25) is 0 Å². The molecule has 0 N–H and O–H groups in total. The van der Waals surface area contributed by atoms with Crippen molar-refractivity contribution in [3.63, 3.8) is 0 Å². The predicted molar refractivity (Wildman–Crippen MR) is 49.8 cm³/mol. The molecular formula is C8H6BrN3. The van der Waals surface area contributed by atoms with Gasteiger partial charge in [-0.3, -0.25) is 0 Å². The number of pyridine rings is 1. The second kappa shape index (κ2) is 2.79. The molecule has 0 unspecified atom stereocenters. The third-order valence-electron chi connectivity index (χ3n) is 1.48. The zero-order chi connectivity index (χ0) is 8.55. The monoisotopic (exact) mass is 223 g/mol. The number of halogens is 1. The van der Waals surface area contributed by atoms with E-state index in [1.165, 1.54) is 0 Å². The minimum atomic E-state index is 0.684. The van der Waals surface area contributed by atoms with Crippen molar-refractivity contribution in [2.75, 3.05) is 0 Å². The van der Waals surface area contributed by atoms with Gasteiger partial charge in [0.05, 0.1) is 11.9 Å². The quantitative estimate of drug-likeness (QED) is 0.687. The molecule has 0 amide bonds. The van der Waals surface area contributed by atoms with Gasteiger partial charge in [-0.05, 0) is 28.9 Å². The van der Waals surface area contributed by atoms with Gasteiger partial charge in [0, 0.05) is 10.7 Å². The Bertz CT molecular complexity index is 391. The number of rotatable bonds is 0. The second-order valence-corrected chi connectivity index (χ2v) is 3.42. The van der Waals surface area contributed by atoms with E-state index < -0.39 is 0 Å². The molecule has 0 bridgehead atoms. The number of aromatic nitrogens is 3. The van der Waals surface area contributed by atoms with E-state index in [2.05, 4.69) is 30.9 Å². The SMILES string of the molecule is Cc1cnc2ncc(Br)cc2n1. The van der Waals surface area contributed by atoms with E-state index in [1.54, 1.807) is 12.4 Å². The fourth-order valence-corrected chi connectivity index (χ4v) is 1.30. The zero-order valence-electron chi connectivity index (χ0n) is 6.45. The fourth-order valence-electron chi connectivity index (χ4n) is 0.977. The van der Waals surface area contributed by atoms with Gasteiger partial charge in [-0.2, -0.15) is 0 Å². The first kappa shape index (κ1) is 7.61. The first-order chi connectivity index (χ1) is 5.75. The van der Waals surface area contributed by atoms with E-state index in [-0.39, 0.29) is 0 Å². The van der Waals surface area contributed by atoms with E-state index >= 15 is 0 Å². The van der Waals surface area contributed by atoms with Crippen LogP contribution in [0, 0.1) is 6.92 Å². The summed E-state index contributed by atoms with van der Waals surface area (Å²) in [6, 6.07) is 1.91. The summed E-state index contributed by atoms with van der Waals surface area (Å²) < 4.78 is 0.926. The van der Waals surface area contributed by atoms with Crippen LogP contribution < -0.4 is 0 Å². The third kappa shape index (κ3) is 1.30. The maximum Gasteiger partial charge on any atom is 0.178 e. The Hall–Kier alpha value is -1.03. The van der Waals surface area contributed by atoms with Gasteiger partial charge in [0.15, 0.2) is 5.65 Å². The van der Waals surface area contributed by atoms with Crippen LogP contribution >= 0.6 is 15.9 Å². The van der Waals surface area contributed by atoms with Crippen molar-refractivity contribution in [1.29, 1.82) is 0 Å². The maximum atomic E-state index is 4.28. The lowest BCUT2D eigenvalue weighted by Gasteiger charge is -1.96. The molecule has 0 saturated carbocycles. The molecule has 0 radical (unpaired) electrons. The van der Waals surface area contributed by atoms with Gasteiger partial charge in [-0.15, -0.1) is 0 Å². The van der Waals surface area contributed by atoms with E-state index in [0.717, 1.165) is 15.7 Å². The Labute approximate surface area is 78.0 Å². The topological polar surface area (TPSA) is 38.7 Å². The minimum absolute atomic E-state index is 0.684. The Morgan fingerprint density at radius 3 is 2.83 bits per heavy atom.